The Balaban J connectivity index is 2.20. The zero-order valence-electron chi connectivity index (χ0n) is 7.47. The first-order valence-corrected chi connectivity index (χ1v) is 5.40. The van der Waals surface area contributed by atoms with Crippen molar-refractivity contribution < 1.29 is 0 Å². The SMILES string of the molecule is CN(C)CC1CSCCCN1. The molecule has 2 nitrogen and oxygen atoms in total. The highest BCUT2D eigenvalue weighted by atomic mass is 32.2. The first kappa shape index (κ1) is 9.36. The Kier molecular flexibility index (Phi) is 4.26. The molecule has 1 atom stereocenters. The van der Waals surface area contributed by atoms with E-state index in [0.717, 1.165) is 0 Å². The molecule has 0 aromatic rings. The number of nitrogens with one attached hydrogen (secondary N) is 1. The normalized spacial score (nSPS) is 27.0. The van der Waals surface area contributed by atoms with Crippen LogP contribution in [0.3, 0.4) is 0 Å². The van der Waals surface area contributed by atoms with E-state index in [1.807, 2.05) is 0 Å². The molecule has 1 fully saturated rings. The first-order chi connectivity index (χ1) is 5.29. The Bertz CT molecular complexity index is 98.3. The highest BCUT2D eigenvalue weighted by molar-refractivity contribution is 7.99. The summed E-state index contributed by atoms with van der Waals surface area (Å²) in [6.45, 7) is 2.37. The van der Waals surface area contributed by atoms with Crippen molar-refractivity contribution in [3.63, 3.8) is 0 Å². The molecule has 0 aromatic heterocycles. The minimum absolute atomic E-state index is 0.706. The molecular formula is C8H18N2S. The van der Waals surface area contributed by atoms with Gasteiger partial charge in [0, 0.05) is 18.3 Å². The fourth-order valence-electron chi connectivity index (χ4n) is 1.32. The zero-order chi connectivity index (χ0) is 8.10. The van der Waals surface area contributed by atoms with Gasteiger partial charge < -0.3 is 10.2 Å². The molecule has 1 N–H and O–H groups in total. The molecule has 0 aliphatic carbocycles. The van der Waals surface area contributed by atoms with Gasteiger partial charge in [0.15, 0.2) is 0 Å². The van der Waals surface area contributed by atoms with Gasteiger partial charge in [-0.2, -0.15) is 11.8 Å². The van der Waals surface area contributed by atoms with Crippen LogP contribution in [0.15, 0.2) is 0 Å². The average Bonchev–Trinajstić information content (AvgIpc) is 2.14. The summed E-state index contributed by atoms with van der Waals surface area (Å²) in [5.74, 6) is 2.61. The summed E-state index contributed by atoms with van der Waals surface area (Å²) in [5, 5.41) is 3.55. The second-order valence-corrected chi connectivity index (χ2v) is 4.49. The van der Waals surface area contributed by atoms with E-state index in [0.29, 0.717) is 6.04 Å². The average molecular weight is 174 g/mol. The number of nitrogens with zero attached hydrogens (tertiary/aromatic N) is 1. The third-order valence-electron chi connectivity index (χ3n) is 1.80. The fourth-order valence-corrected chi connectivity index (χ4v) is 2.35. The molecule has 1 aliphatic heterocycles. The molecular weight excluding hydrogens is 156 g/mol. The van der Waals surface area contributed by atoms with Gasteiger partial charge in [-0.05, 0) is 32.8 Å². The molecule has 0 saturated carbocycles. The van der Waals surface area contributed by atoms with E-state index in [-0.39, 0.29) is 0 Å². The number of hydrogen-bond donors (Lipinski definition) is 1. The van der Waals surface area contributed by atoms with Gasteiger partial charge in [0.1, 0.15) is 0 Å². The molecule has 0 radical (unpaired) electrons. The highest BCUT2D eigenvalue weighted by Gasteiger charge is 2.11. The van der Waals surface area contributed by atoms with Crippen LogP contribution in [0.4, 0.5) is 0 Å². The Morgan fingerprint density at radius 2 is 2.36 bits per heavy atom. The minimum Gasteiger partial charge on any atom is -0.312 e. The summed E-state index contributed by atoms with van der Waals surface area (Å²) < 4.78 is 0. The van der Waals surface area contributed by atoms with Crippen LogP contribution in [-0.2, 0) is 0 Å². The molecule has 0 amide bonds. The van der Waals surface area contributed by atoms with Crippen LogP contribution in [0.25, 0.3) is 0 Å². The molecule has 1 aliphatic rings. The summed E-state index contributed by atoms with van der Waals surface area (Å²) in [7, 11) is 4.27. The van der Waals surface area contributed by atoms with Crippen molar-refractivity contribution in [1.82, 2.24) is 10.2 Å². The predicted octanol–water partition coefficient (Wildman–Crippen LogP) is 0.643. The van der Waals surface area contributed by atoms with Crippen molar-refractivity contribution in [3.05, 3.63) is 0 Å². The fraction of sp³-hybridized carbons (Fsp3) is 1.00. The second-order valence-electron chi connectivity index (χ2n) is 3.34. The van der Waals surface area contributed by atoms with Gasteiger partial charge in [-0.15, -0.1) is 0 Å². The first-order valence-electron chi connectivity index (χ1n) is 4.25. The molecule has 1 saturated heterocycles. The lowest BCUT2D eigenvalue weighted by Gasteiger charge is -2.19. The van der Waals surface area contributed by atoms with Crippen LogP contribution in [0, 0.1) is 0 Å². The maximum absolute atomic E-state index is 3.55. The molecule has 1 heterocycles. The largest absolute Gasteiger partial charge is 0.312 e. The van der Waals surface area contributed by atoms with Crippen molar-refractivity contribution in [1.29, 1.82) is 0 Å². The van der Waals surface area contributed by atoms with Crippen LogP contribution < -0.4 is 5.32 Å². The van der Waals surface area contributed by atoms with Gasteiger partial charge in [-0.1, -0.05) is 0 Å². The Hall–Kier alpha value is 0.270. The molecule has 1 unspecified atom stereocenters. The lowest BCUT2D eigenvalue weighted by atomic mass is 10.3. The van der Waals surface area contributed by atoms with Crippen molar-refractivity contribution in [2.24, 2.45) is 0 Å². The van der Waals surface area contributed by atoms with Gasteiger partial charge >= 0.3 is 0 Å². The standard InChI is InChI=1S/C8H18N2S/c1-10(2)6-8-7-11-5-3-4-9-8/h8-9H,3-7H2,1-2H3. The number of rotatable bonds is 2. The van der Waals surface area contributed by atoms with E-state index in [1.54, 1.807) is 0 Å². The second kappa shape index (κ2) is 5.01. The predicted molar refractivity (Wildman–Crippen MR) is 52.3 cm³/mol. The zero-order valence-corrected chi connectivity index (χ0v) is 8.28. The number of thioether (sulfide) groups is 1. The van der Waals surface area contributed by atoms with Crippen molar-refractivity contribution in [2.75, 3.05) is 38.7 Å². The van der Waals surface area contributed by atoms with E-state index < -0.39 is 0 Å². The molecule has 1 rings (SSSR count). The Morgan fingerprint density at radius 3 is 3.09 bits per heavy atom. The summed E-state index contributed by atoms with van der Waals surface area (Å²) in [6.07, 6.45) is 1.33. The molecule has 11 heavy (non-hydrogen) atoms. The van der Waals surface area contributed by atoms with Crippen molar-refractivity contribution in [3.8, 4) is 0 Å². The molecule has 0 spiro atoms. The third-order valence-corrected chi connectivity index (χ3v) is 3.02. The van der Waals surface area contributed by atoms with Gasteiger partial charge in [0.05, 0.1) is 0 Å². The molecule has 0 aromatic carbocycles. The topological polar surface area (TPSA) is 15.3 Å². The maximum atomic E-state index is 3.55. The summed E-state index contributed by atoms with van der Waals surface area (Å²) in [6, 6.07) is 0.706. The van der Waals surface area contributed by atoms with E-state index in [9.17, 15) is 0 Å². The van der Waals surface area contributed by atoms with Crippen LogP contribution in [-0.4, -0.2) is 49.6 Å². The van der Waals surface area contributed by atoms with Gasteiger partial charge in [0.2, 0.25) is 0 Å². The summed E-state index contributed by atoms with van der Waals surface area (Å²) in [4.78, 5) is 2.25. The van der Waals surface area contributed by atoms with Gasteiger partial charge in [0.25, 0.3) is 0 Å². The molecule has 0 bridgehead atoms. The van der Waals surface area contributed by atoms with Crippen LogP contribution in [0.1, 0.15) is 6.42 Å². The Morgan fingerprint density at radius 1 is 1.55 bits per heavy atom. The van der Waals surface area contributed by atoms with Crippen LogP contribution >= 0.6 is 11.8 Å². The van der Waals surface area contributed by atoms with Gasteiger partial charge in [-0.3, -0.25) is 0 Å². The number of hydrogen-bond acceptors (Lipinski definition) is 3. The van der Waals surface area contributed by atoms with Crippen molar-refractivity contribution in [2.45, 2.75) is 12.5 Å². The van der Waals surface area contributed by atoms with Gasteiger partial charge in [-0.25, -0.2) is 0 Å². The summed E-state index contributed by atoms with van der Waals surface area (Å²) >= 11 is 2.08. The van der Waals surface area contributed by atoms with E-state index in [1.165, 1.54) is 31.0 Å². The van der Waals surface area contributed by atoms with E-state index in [2.05, 4.69) is 36.1 Å². The minimum atomic E-state index is 0.706. The summed E-state index contributed by atoms with van der Waals surface area (Å²) in [5.41, 5.74) is 0. The number of likely N-dealkylation sites (N-methyl/N-ethyl adjacent to an activating group) is 1. The quantitative estimate of drug-likeness (QED) is 0.661. The van der Waals surface area contributed by atoms with E-state index in [4.69, 9.17) is 0 Å². The molecule has 3 heteroatoms. The third kappa shape index (κ3) is 3.99. The molecule has 66 valence electrons. The highest BCUT2D eigenvalue weighted by Crippen LogP contribution is 2.08. The monoisotopic (exact) mass is 174 g/mol. The lowest BCUT2D eigenvalue weighted by Crippen LogP contribution is -2.39. The van der Waals surface area contributed by atoms with Crippen molar-refractivity contribution >= 4 is 11.8 Å². The van der Waals surface area contributed by atoms with Crippen LogP contribution in [0.5, 0.6) is 0 Å². The lowest BCUT2D eigenvalue weighted by molar-refractivity contribution is 0.355. The van der Waals surface area contributed by atoms with E-state index >= 15 is 0 Å². The Labute approximate surface area is 73.7 Å². The van der Waals surface area contributed by atoms with Crippen LogP contribution in [0.2, 0.25) is 0 Å². The maximum Gasteiger partial charge on any atom is 0.0285 e. The smallest absolute Gasteiger partial charge is 0.0285 e.